The van der Waals surface area contributed by atoms with Crippen molar-refractivity contribution in [2.75, 3.05) is 13.1 Å². The maximum absolute atomic E-state index is 12.6. The molecule has 2 aliphatic heterocycles. The second kappa shape index (κ2) is 6.09. The zero-order valence-electron chi connectivity index (χ0n) is 12.0. The molecule has 24 heavy (non-hydrogen) atoms. The van der Waals surface area contributed by atoms with Crippen LogP contribution in [0.1, 0.15) is 15.9 Å². The zero-order chi connectivity index (χ0) is 17.6. The Morgan fingerprint density at radius 1 is 1.33 bits per heavy atom. The van der Waals surface area contributed by atoms with Gasteiger partial charge in [-0.3, -0.25) is 10.1 Å². The smallest absolute Gasteiger partial charge is 0.438 e. The van der Waals surface area contributed by atoms with Crippen molar-refractivity contribution < 1.29 is 27.5 Å². The summed E-state index contributed by atoms with van der Waals surface area (Å²) in [7, 11) is 0. The lowest BCUT2D eigenvalue weighted by atomic mass is 9.91. The van der Waals surface area contributed by atoms with Crippen LogP contribution in [0.2, 0.25) is 10.0 Å². The average molecular weight is 383 g/mol. The fourth-order valence-electron chi connectivity index (χ4n) is 2.93. The van der Waals surface area contributed by atoms with Crippen LogP contribution in [-0.4, -0.2) is 48.3 Å². The molecule has 2 heterocycles. The largest absolute Gasteiger partial charge is 0.490 e. The van der Waals surface area contributed by atoms with Gasteiger partial charge in [0.2, 0.25) is 0 Å². The topological polar surface area (TPSA) is 58.6 Å². The maximum atomic E-state index is 12.6. The van der Waals surface area contributed by atoms with Crippen LogP contribution in [0.25, 0.3) is 0 Å². The first-order valence-electron chi connectivity index (χ1n) is 6.99. The number of hydrogen-bond acceptors (Lipinski definition) is 4. The van der Waals surface area contributed by atoms with E-state index in [2.05, 4.69) is 10.1 Å². The minimum absolute atomic E-state index is 0.111. The van der Waals surface area contributed by atoms with Crippen molar-refractivity contribution in [2.45, 2.75) is 24.9 Å². The van der Waals surface area contributed by atoms with E-state index in [0.717, 1.165) is 0 Å². The van der Waals surface area contributed by atoms with Gasteiger partial charge in [-0.05, 0) is 18.1 Å². The summed E-state index contributed by atoms with van der Waals surface area (Å²) in [6.07, 6.45) is -6.16. The van der Waals surface area contributed by atoms with Gasteiger partial charge in [0.1, 0.15) is 0 Å². The van der Waals surface area contributed by atoms with Gasteiger partial charge in [0.25, 0.3) is 5.91 Å². The predicted octanol–water partition coefficient (Wildman–Crippen LogP) is 2.40. The molecule has 0 spiro atoms. The number of benzene rings is 1. The molecule has 0 aliphatic carbocycles. The van der Waals surface area contributed by atoms with Gasteiger partial charge < -0.3 is 9.64 Å². The van der Waals surface area contributed by atoms with Crippen molar-refractivity contribution in [3.63, 3.8) is 0 Å². The van der Waals surface area contributed by atoms with Crippen molar-refractivity contribution >= 4 is 35.1 Å². The Morgan fingerprint density at radius 2 is 2.04 bits per heavy atom. The van der Waals surface area contributed by atoms with Crippen molar-refractivity contribution in [3.05, 3.63) is 33.3 Å². The van der Waals surface area contributed by atoms with E-state index in [0.29, 0.717) is 5.56 Å². The minimum atomic E-state index is -5.10. The molecule has 10 heteroatoms. The molecule has 0 aromatic heterocycles. The van der Waals surface area contributed by atoms with Gasteiger partial charge in [0.05, 0.1) is 21.7 Å². The number of piperazine rings is 1. The van der Waals surface area contributed by atoms with Gasteiger partial charge in [-0.1, -0.05) is 29.3 Å². The molecule has 2 atom stereocenters. The Kier molecular flexibility index (Phi) is 4.39. The number of nitrogens with zero attached hydrogens (tertiary/aromatic N) is 1. The summed E-state index contributed by atoms with van der Waals surface area (Å²) in [5.74, 6) is -2.74. The summed E-state index contributed by atoms with van der Waals surface area (Å²) < 4.78 is 41.8. The predicted molar refractivity (Wildman–Crippen MR) is 78.9 cm³/mol. The Balaban J connectivity index is 1.91. The molecule has 130 valence electrons. The third-order valence-corrected chi connectivity index (χ3v) is 4.80. The number of ether oxygens (including phenoxy) is 1. The SMILES string of the molecule is O=C1c2c(ccc(Cl)c2Cl)CC2C(OC(=O)C(F)(F)F)NCCN12. The molecule has 0 bridgehead atoms. The second-order valence-electron chi connectivity index (χ2n) is 5.44. The minimum Gasteiger partial charge on any atom is -0.438 e. The molecular formula is C14H11Cl2F3N2O3. The van der Waals surface area contributed by atoms with Crippen LogP contribution in [0.15, 0.2) is 12.1 Å². The molecular weight excluding hydrogens is 372 g/mol. The molecule has 1 aromatic rings. The molecule has 1 aromatic carbocycles. The summed E-state index contributed by atoms with van der Waals surface area (Å²) in [5.41, 5.74) is 0.788. The lowest BCUT2D eigenvalue weighted by Crippen LogP contribution is -2.63. The van der Waals surface area contributed by atoms with Crippen LogP contribution < -0.4 is 5.32 Å². The molecule has 5 nitrogen and oxygen atoms in total. The number of carbonyl (C=O) groups excluding carboxylic acids is 2. The standard InChI is InChI=1S/C14H11Cl2F3N2O3/c15-7-2-1-6-5-8-11(24-13(23)14(17,18)19)20-3-4-21(8)12(22)9(6)10(7)16/h1-2,8,11,20H,3-5H2. The number of halogens is 5. The molecule has 2 unspecified atom stereocenters. The van der Waals surface area contributed by atoms with Crippen LogP contribution in [-0.2, 0) is 16.0 Å². The van der Waals surface area contributed by atoms with E-state index >= 15 is 0 Å². The Morgan fingerprint density at radius 3 is 2.71 bits per heavy atom. The summed E-state index contributed by atoms with van der Waals surface area (Å²) in [5, 5.41) is 3.03. The van der Waals surface area contributed by atoms with Crippen molar-refractivity contribution in [1.82, 2.24) is 10.2 Å². The van der Waals surface area contributed by atoms with Crippen molar-refractivity contribution in [1.29, 1.82) is 0 Å². The molecule has 1 saturated heterocycles. The van der Waals surface area contributed by atoms with E-state index < -0.39 is 30.3 Å². The first-order chi connectivity index (χ1) is 11.2. The van der Waals surface area contributed by atoms with E-state index in [4.69, 9.17) is 23.2 Å². The third-order valence-electron chi connectivity index (χ3n) is 4.00. The summed E-state index contributed by atoms with van der Waals surface area (Å²) in [6, 6.07) is 2.36. The lowest BCUT2D eigenvalue weighted by molar-refractivity contribution is -0.210. The fraction of sp³-hybridized carbons (Fsp3) is 0.429. The van der Waals surface area contributed by atoms with Gasteiger partial charge in [-0.25, -0.2) is 4.79 Å². The van der Waals surface area contributed by atoms with Gasteiger partial charge in [0, 0.05) is 13.1 Å². The van der Waals surface area contributed by atoms with E-state index in [1.165, 1.54) is 11.0 Å². The van der Waals surface area contributed by atoms with Crippen molar-refractivity contribution in [2.24, 2.45) is 0 Å². The Hall–Kier alpha value is -1.51. The van der Waals surface area contributed by atoms with Crippen LogP contribution >= 0.6 is 23.2 Å². The third kappa shape index (κ3) is 2.94. The highest BCUT2D eigenvalue weighted by Crippen LogP contribution is 2.35. The van der Waals surface area contributed by atoms with E-state index in [9.17, 15) is 22.8 Å². The van der Waals surface area contributed by atoms with E-state index in [1.54, 1.807) is 6.07 Å². The zero-order valence-corrected chi connectivity index (χ0v) is 13.5. The molecule has 0 radical (unpaired) electrons. The molecule has 2 aliphatic rings. The summed E-state index contributed by atoms with van der Waals surface area (Å²) in [6.45, 7) is 0.442. The number of hydrogen-bond donors (Lipinski definition) is 1. The number of fused-ring (bicyclic) bond motifs is 2. The molecule has 3 rings (SSSR count). The second-order valence-corrected chi connectivity index (χ2v) is 6.23. The number of alkyl halides is 3. The average Bonchev–Trinajstić information content (AvgIpc) is 2.51. The van der Waals surface area contributed by atoms with Gasteiger partial charge in [-0.2, -0.15) is 13.2 Å². The highest BCUT2D eigenvalue weighted by molar-refractivity contribution is 6.44. The summed E-state index contributed by atoms with van der Waals surface area (Å²) >= 11 is 12.0. The summed E-state index contributed by atoms with van der Waals surface area (Å²) in [4.78, 5) is 25.1. The van der Waals surface area contributed by atoms with Gasteiger partial charge in [0.15, 0.2) is 6.23 Å². The number of rotatable bonds is 1. The van der Waals surface area contributed by atoms with E-state index in [1.807, 2.05) is 0 Å². The van der Waals surface area contributed by atoms with Crippen LogP contribution in [0.3, 0.4) is 0 Å². The maximum Gasteiger partial charge on any atom is 0.490 e. The highest BCUT2D eigenvalue weighted by Gasteiger charge is 2.47. The highest BCUT2D eigenvalue weighted by atomic mass is 35.5. The van der Waals surface area contributed by atoms with Gasteiger partial charge in [-0.15, -0.1) is 0 Å². The molecule has 1 fully saturated rings. The first kappa shape index (κ1) is 17.3. The van der Waals surface area contributed by atoms with Crippen LogP contribution in [0.4, 0.5) is 13.2 Å². The normalized spacial score (nSPS) is 23.5. The van der Waals surface area contributed by atoms with Crippen LogP contribution in [0, 0.1) is 0 Å². The molecule has 1 amide bonds. The monoisotopic (exact) mass is 382 g/mol. The number of carbonyl (C=O) groups is 2. The first-order valence-corrected chi connectivity index (χ1v) is 7.74. The number of esters is 1. The lowest BCUT2D eigenvalue weighted by Gasteiger charge is -2.44. The fourth-order valence-corrected chi connectivity index (χ4v) is 3.35. The Bertz CT molecular complexity index is 711. The molecule has 1 N–H and O–H groups in total. The number of nitrogens with one attached hydrogen (secondary N) is 1. The van der Waals surface area contributed by atoms with Crippen molar-refractivity contribution in [3.8, 4) is 0 Å². The van der Waals surface area contributed by atoms with Gasteiger partial charge >= 0.3 is 12.1 Å². The number of amides is 1. The van der Waals surface area contributed by atoms with Crippen LogP contribution in [0.5, 0.6) is 0 Å². The Labute approximate surface area is 144 Å². The molecule has 0 saturated carbocycles. The quantitative estimate of drug-likeness (QED) is 0.757. The van der Waals surface area contributed by atoms with E-state index in [-0.39, 0.29) is 35.1 Å².